The molecule has 0 bridgehead atoms. The minimum atomic E-state index is -2.76. The molecule has 0 amide bonds. The maximum Gasteiger partial charge on any atom is 0.335 e. The van der Waals surface area contributed by atoms with Gasteiger partial charge in [-0.05, 0) is 30.0 Å². The third kappa shape index (κ3) is 5.27. The van der Waals surface area contributed by atoms with Gasteiger partial charge >= 0.3 is 5.97 Å². The normalized spacial score (nSPS) is 22.1. The fraction of sp³-hybridized carbons (Fsp3) is 0.350. The Hall–Kier alpha value is -1.98. The molecule has 3 N–H and O–H groups in total. The maximum absolute atomic E-state index is 11.9. The molecule has 2 unspecified atom stereocenters. The summed E-state index contributed by atoms with van der Waals surface area (Å²) in [5.41, 5.74) is 1.61. The Morgan fingerprint density at radius 3 is 2.52 bits per heavy atom. The van der Waals surface area contributed by atoms with Crippen LogP contribution in [0.1, 0.15) is 21.5 Å². The van der Waals surface area contributed by atoms with Crippen LogP contribution in [0.4, 0.5) is 0 Å². The van der Waals surface area contributed by atoms with Crippen molar-refractivity contribution in [2.24, 2.45) is 0 Å². The molecule has 0 aliphatic carbocycles. The number of benzene rings is 2. The number of carboxylic acids is 1. The van der Waals surface area contributed by atoms with E-state index in [1.807, 2.05) is 42.5 Å². The van der Waals surface area contributed by atoms with Gasteiger partial charge in [-0.2, -0.15) is 0 Å². The molecule has 4 atom stereocenters. The lowest BCUT2D eigenvalue weighted by Crippen LogP contribution is -2.51. The molecule has 7 heteroatoms. The van der Waals surface area contributed by atoms with Crippen LogP contribution in [0.5, 0.6) is 0 Å². The van der Waals surface area contributed by atoms with Crippen LogP contribution in [0.2, 0.25) is 0 Å². The average Bonchev–Trinajstić information content (AvgIpc) is 2.68. The third-order valence-electron chi connectivity index (χ3n) is 4.90. The van der Waals surface area contributed by atoms with Crippen LogP contribution in [0, 0.1) is 0 Å². The standard InChI is InChI=1S/C20H24NO5P/c22-20(23)17-9-5-4-8-15(17)11-16-13-26-18(12-21-16)19(27(24)25)10-14-6-2-1-3-7-14/h1-9,16,18-19,21,27H,10-13H2,(H,22,23)(H,24,25)/t16-,18-,19?/m1/s1. The van der Waals surface area contributed by atoms with Crippen LogP contribution in [0.25, 0.3) is 0 Å². The number of rotatable bonds is 7. The molecule has 27 heavy (non-hydrogen) atoms. The monoisotopic (exact) mass is 389 g/mol. The van der Waals surface area contributed by atoms with Gasteiger partial charge in [-0.25, -0.2) is 4.79 Å². The Morgan fingerprint density at radius 1 is 1.19 bits per heavy atom. The van der Waals surface area contributed by atoms with Gasteiger partial charge in [-0.3, -0.25) is 4.57 Å². The second kappa shape index (κ2) is 9.29. The Bertz CT molecular complexity index is 790. The van der Waals surface area contributed by atoms with Gasteiger partial charge in [0.2, 0.25) is 0 Å². The molecular weight excluding hydrogens is 365 g/mol. The lowest BCUT2D eigenvalue weighted by Gasteiger charge is -2.34. The number of hydrogen-bond donors (Lipinski definition) is 3. The highest BCUT2D eigenvalue weighted by Crippen LogP contribution is 2.31. The van der Waals surface area contributed by atoms with Crippen molar-refractivity contribution in [1.29, 1.82) is 0 Å². The van der Waals surface area contributed by atoms with Crippen LogP contribution in [0.15, 0.2) is 54.6 Å². The number of nitrogens with one attached hydrogen (secondary N) is 1. The molecule has 0 saturated carbocycles. The fourth-order valence-electron chi connectivity index (χ4n) is 3.45. The van der Waals surface area contributed by atoms with E-state index >= 15 is 0 Å². The van der Waals surface area contributed by atoms with Crippen molar-refractivity contribution in [3.8, 4) is 0 Å². The number of hydrogen-bond acceptors (Lipinski definition) is 4. The van der Waals surface area contributed by atoms with Crippen LogP contribution < -0.4 is 5.32 Å². The van der Waals surface area contributed by atoms with Gasteiger partial charge in [0.15, 0.2) is 8.03 Å². The first-order chi connectivity index (χ1) is 13.0. The largest absolute Gasteiger partial charge is 0.478 e. The third-order valence-corrected chi connectivity index (χ3v) is 6.11. The van der Waals surface area contributed by atoms with Crippen LogP contribution >= 0.6 is 8.03 Å². The van der Waals surface area contributed by atoms with E-state index in [0.29, 0.717) is 31.6 Å². The van der Waals surface area contributed by atoms with E-state index in [1.165, 1.54) is 0 Å². The summed E-state index contributed by atoms with van der Waals surface area (Å²) in [7, 11) is -2.76. The Balaban J connectivity index is 1.60. The maximum atomic E-state index is 11.9. The number of aromatic carboxylic acids is 1. The second-order valence-corrected chi connectivity index (χ2v) is 8.20. The van der Waals surface area contributed by atoms with Gasteiger partial charge in [0.25, 0.3) is 0 Å². The molecule has 0 radical (unpaired) electrons. The number of carbonyl (C=O) groups is 1. The first-order valence-corrected chi connectivity index (χ1v) is 10.4. The van der Waals surface area contributed by atoms with Gasteiger partial charge in [0.1, 0.15) is 0 Å². The zero-order chi connectivity index (χ0) is 19.2. The zero-order valence-electron chi connectivity index (χ0n) is 14.9. The summed E-state index contributed by atoms with van der Waals surface area (Å²) in [6.45, 7) is 0.841. The minimum Gasteiger partial charge on any atom is -0.478 e. The van der Waals surface area contributed by atoms with Crippen molar-refractivity contribution in [3.05, 3.63) is 71.3 Å². The highest BCUT2D eigenvalue weighted by atomic mass is 31.1. The van der Waals surface area contributed by atoms with Crippen molar-refractivity contribution >= 4 is 14.0 Å². The summed E-state index contributed by atoms with van der Waals surface area (Å²) in [4.78, 5) is 21.1. The predicted octanol–water partition coefficient (Wildman–Crippen LogP) is 2.36. The molecule has 1 aliphatic rings. The average molecular weight is 389 g/mol. The molecule has 2 aromatic carbocycles. The molecule has 1 fully saturated rings. The molecule has 1 aliphatic heterocycles. The number of ether oxygens (including phenoxy) is 1. The summed E-state index contributed by atoms with van der Waals surface area (Å²) in [6.07, 6.45) is 0.688. The molecule has 1 heterocycles. The van der Waals surface area contributed by atoms with Gasteiger partial charge in [-0.15, -0.1) is 0 Å². The van der Waals surface area contributed by atoms with Crippen LogP contribution in [0.3, 0.4) is 0 Å². The van der Waals surface area contributed by atoms with Crippen molar-refractivity contribution < 1.29 is 24.1 Å². The van der Waals surface area contributed by atoms with E-state index in [0.717, 1.165) is 11.1 Å². The summed E-state index contributed by atoms with van der Waals surface area (Å²) in [5.74, 6) is -0.943. The Kier molecular flexibility index (Phi) is 6.80. The molecule has 0 aromatic heterocycles. The smallest absolute Gasteiger partial charge is 0.335 e. The second-order valence-electron chi connectivity index (χ2n) is 6.78. The van der Waals surface area contributed by atoms with Crippen molar-refractivity contribution in [1.82, 2.24) is 5.32 Å². The summed E-state index contributed by atoms with van der Waals surface area (Å²) < 4.78 is 17.8. The van der Waals surface area contributed by atoms with Gasteiger partial charge in [0.05, 0.1) is 23.9 Å². The van der Waals surface area contributed by atoms with E-state index in [1.54, 1.807) is 12.1 Å². The van der Waals surface area contributed by atoms with Gasteiger partial charge in [0, 0.05) is 12.6 Å². The van der Waals surface area contributed by atoms with E-state index < -0.39 is 19.7 Å². The fourth-order valence-corrected chi connectivity index (χ4v) is 4.39. The van der Waals surface area contributed by atoms with Gasteiger partial charge < -0.3 is 20.1 Å². The molecule has 144 valence electrons. The lowest BCUT2D eigenvalue weighted by atomic mass is 9.99. The minimum absolute atomic E-state index is 0.0276. The molecule has 2 aromatic rings. The van der Waals surface area contributed by atoms with Crippen molar-refractivity contribution in [3.63, 3.8) is 0 Å². The molecule has 3 rings (SSSR count). The van der Waals surface area contributed by atoms with Gasteiger partial charge in [-0.1, -0.05) is 48.5 Å². The highest BCUT2D eigenvalue weighted by Gasteiger charge is 2.31. The van der Waals surface area contributed by atoms with Crippen molar-refractivity contribution in [2.75, 3.05) is 13.2 Å². The highest BCUT2D eigenvalue weighted by molar-refractivity contribution is 7.39. The topological polar surface area (TPSA) is 95.9 Å². The summed E-state index contributed by atoms with van der Waals surface area (Å²) in [6, 6.07) is 16.5. The Morgan fingerprint density at radius 2 is 1.89 bits per heavy atom. The summed E-state index contributed by atoms with van der Waals surface area (Å²) in [5, 5.41) is 12.7. The molecule has 6 nitrogen and oxygen atoms in total. The van der Waals surface area contributed by atoms with E-state index in [-0.39, 0.29) is 12.1 Å². The van der Waals surface area contributed by atoms with Crippen molar-refractivity contribution in [2.45, 2.75) is 30.6 Å². The molecule has 1 saturated heterocycles. The van der Waals surface area contributed by atoms with Crippen LogP contribution in [-0.4, -0.2) is 46.9 Å². The van der Waals surface area contributed by atoms with E-state index in [9.17, 15) is 19.4 Å². The SMILES string of the molecule is O=C(O)c1ccccc1C[C@@H]1CO[C@@H](C(Cc2ccccc2)[PH](=O)O)CN1. The molecular formula is C20H24NO5P. The van der Waals surface area contributed by atoms with Crippen LogP contribution in [-0.2, 0) is 22.1 Å². The summed E-state index contributed by atoms with van der Waals surface area (Å²) >= 11 is 0. The van der Waals surface area contributed by atoms with E-state index in [4.69, 9.17) is 4.74 Å². The predicted molar refractivity (Wildman–Crippen MR) is 104 cm³/mol. The lowest BCUT2D eigenvalue weighted by molar-refractivity contribution is 0.00130. The quantitative estimate of drug-likeness (QED) is 0.630. The van der Waals surface area contributed by atoms with E-state index in [2.05, 4.69) is 5.32 Å². The Labute approximate surface area is 159 Å². The number of morpholine rings is 1. The first-order valence-electron chi connectivity index (χ1n) is 8.97. The first kappa shape index (κ1) is 19.8. The number of carboxylic acid groups (broad SMARTS) is 1. The zero-order valence-corrected chi connectivity index (χ0v) is 15.9. The molecule has 0 spiro atoms.